The number of sulfonamides is 1. The number of carbonyl (C=O) groups is 1. The number of carbonyl (C=O) groups excluding carboxylic acids is 1. The number of thiophene rings is 1. The minimum absolute atomic E-state index is 0.226. The first-order chi connectivity index (χ1) is 15.4. The summed E-state index contributed by atoms with van der Waals surface area (Å²) in [5.74, 6) is 0.919. The van der Waals surface area contributed by atoms with Gasteiger partial charge in [-0.25, -0.2) is 8.42 Å². The van der Waals surface area contributed by atoms with Crippen molar-refractivity contribution in [1.29, 1.82) is 0 Å². The quantitative estimate of drug-likeness (QED) is 0.482. The van der Waals surface area contributed by atoms with Crippen LogP contribution < -0.4 is 15.4 Å². The molecule has 2 heterocycles. The zero-order chi connectivity index (χ0) is 23.0. The van der Waals surface area contributed by atoms with Crippen molar-refractivity contribution in [2.24, 2.45) is 5.92 Å². The molecule has 0 bridgehead atoms. The molecule has 1 amide bonds. The van der Waals surface area contributed by atoms with Gasteiger partial charge in [-0.05, 0) is 68.6 Å². The number of amides is 1. The summed E-state index contributed by atoms with van der Waals surface area (Å²) in [7, 11) is -1.94. The summed E-state index contributed by atoms with van der Waals surface area (Å²) in [5.41, 5.74) is 0.501. The van der Waals surface area contributed by atoms with Crippen molar-refractivity contribution in [3.05, 3.63) is 46.8 Å². The van der Waals surface area contributed by atoms with Crippen molar-refractivity contribution in [1.82, 2.24) is 14.9 Å². The second-order valence-corrected chi connectivity index (χ2v) is 11.4. The number of nitrogens with zero attached hydrogens (tertiary/aromatic N) is 1. The molecule has 0 spiro atoms. The van der Waals surface area contributed by atoms with E-state index in [1.165, 1.54) is 24.2 Å². The lowest BCUT2D eigenvalue weighted by Crippen LogP contribution is -2.40. The predicted octanol–water partition coefficient (Wildman–Crippen LogP) is 3.48. The van der Waals surface area contributed by atoms with Gasteiger partial charge in [-0.3, -0.25) is 4.79 Å². The summed E-state index contributed by atoms with van der Waals surface area (Å²) in [5, 5.41) is 6.32. The standard InChI is InChI=1S/C23H33N3O4S2/c1-3-4-12-24-16-18-10-13-26(14-11-18)32(28,29)22-9-8-21(31-22)17-25-23(27)19-6-5-7-20(15-19)30-2/h5-9,15,18,24H,3-4,10-14,16-17H2,1-2H3,(H,25,27). The fourth-order valence-corrected chi connectivity index (χ4v) is 6.63. The van der Waals surface area contributed by atoms with Crippen LogP contribution in [0.4, 0.5) is 0 Å². The molecule has 9 heteroatoms. The second kappa shape index (κ2) is 11.8. The molecule has 0 aliphatic carbocycles. The van der Waals surface area contributed by atoms with E-state index in [-0.39, 0.29) is 12.5 Å². The Hall–Kier alpha value is -1.94. The molecule has 176 valence electrons. The van der Waals surface area contributed by atoms with Crippen molar-refractivity contribution >= 4 is 27.3 Å². The molecule has 2 N–H and O–H groups in total. The van der Waals surface area contributed by atoms with E-state index in [1.807, 2.05) is 0 Å². The van der Waals surface area contributed by atoms with Gasteiger partial charge in [0.2, 0.25) is 0 Å². The third-order valence-corrected chi connectivity index (χ3v) is 9.15. The summed E-state index contributed by atoms with van der Waals surface area (Å²) in [6.07, 6.45) is 4.12. The summed E-state index contributed by atoms with van der Waals surface area (Å²) in [6, 6.07) is 10.3. The van der Waals surface area contributed by atoms with E-state index >= 15 is 0 Å². The molecular weight excluding hydrogens is 446 g/mol. The van der Waals surface area contributed by atoms with Gasteiger partial charge in [-0.15, -0.1) is 11.3 Å². The smallest absolute Gasteiger partial charge is 0.252 e. The highest BCUT2D eigenvalue weighted by atomic mass is 32.2. The van der Waals surface area contributed by atoms with Crippen LogP contribution in [0.5, 0.6) is 5.75 Å². The zero-order valence-electron chi connectivity index (χ0n) is 18.8. The van der Waals surface area contributed by atoms with E-state index in [0.29, 0.717) is 34.5 Å². The third-order valence-electron chi connectivity index (χ3n) is 5.70. The van der Waals surface area contributed by atoms with Crippen molar-refractivity contribution in [3.8, 4) is 5.75 Å². The lowest BCUT2D eigenvalue weighted by Gasteiger charge is -2.31. The van der Waals surface area contributed by atoms with Crippen LogP contribution in [-0.2, 0) is 16.6 Å². The summed E-state index contributed by atoms with van der Waals surface area (Å²) < 4.78 is 33.2. The number of benzene rings is 1. The monoisotopic (exact) mass is 479 g/mol. The molecule has 1 aromatic heterocycles. The third kappa shape index (κ3) is 6.54. The van der Waals surface area contributed by atoms with Crippen LogP contribution in [0.1, 0.15) is 47.8 Å². The molecule has 1 aromatic carbocycles. The minimum atomic E-state index is -3.49. The molecule has 0 unspecified atom stereocenters. The Morgan fingerprint density at radius 2 is 2.00 bits per heavy atom. The number of hydrogen-bond acceptors (Lipinski definition) is 6. The SMILES string of the molecule is CCCCNCC1CCN(S(=O)(=O)c2ccc(CNC(=O)c3cccc(OC)c3)s2)CC1. The number of nitrogens with one attached hydrogen (secondary N) is 2. The highest BCUT2D eigenvalue weighted by molar-refractivity contribution is 7.91. The highest BCUT2D eigenvalue weighted by Gasteiger charge is 2.30. The molecule has 1 saturated heterocycles. The summed E-state index contributed by atoms with van der Waals surface area (Å²) >= 11 is 1.22. The molecular formula is C23H33N3O4S2. The fraction of sp³-hybridized carbons (Fsp3) is 0.522. The van der Waals surface area contributed by atoms with E-state index in [9.17, 15) is 13.2 Å². The lowest BCUT2D eigenvalue weighted by molar-refractivity contribution is 0.0951. The largest absolute Gasteiger partial charge is 0.497 e. The van der Waals surface area contributed by atoms with Gasteiger partial charge in [-0.1, -0.05) is 19.4 Å². The number of hydrogen-bond donors (Lipinski definition) is 2. The van der Waals surface area contributed by atoms with Crippen molar-refractivity contribution < 1.29 is 17.9 Å². The van der Waals surface area contributed by atoms with Crippen LogP contribution in [0.2, 0.25) is 0 Å². The molecule has 0 atom stereocenters. The van der Waals surface area contributed by atoms with Crippen molar-refractivity contribution in [3.63, 3.8) is 0 Å². The van der Waals surface area contributed by atoms with Crippen LogP contribution in [0, 0.1) is 5.92 Å². The average Bonchev–Trinajstić information content (AvgIpc) is 3.31. The summed E-state index contributed by atoms with van der Waals surface area (Å²) in [6.45, 7) is 5.56. The topological polar surface area (TPSA) is 87.7 Å². The number of piperidine rings is 1. The first kappa shape index (κ1) is 24.7. The van der Waals surface area contributed by atoms with Gasteiger partial charge < -0.3 is 15.4 Å². The van der Waals surface area contributed by atoms with Crippen molar-refractivity contribution in [2.75, 3.05) is 33.3 Å². The Morgan fingerprint density at radius 3 is 2.72 bits per heavy atom. The van der Waals surface area contributed by atoms with Crippen LogP contribution >= 0.6 is 11.3 Å². The Labute approximate surface area is 195 Å². The van der Waals surface area contributed by atoms with Gasteiger partial charge >= 0.3 is 0 Å². The molecule has 0 saturated carbocycles. The van der Waals surface area contributed by atoms with Gasteiger partial charge in [-0.2, -0.15) is 4.31 Å². The van der Waals surface area contributed by atoms with Gasteiger partial charge in [0.05, 0.1) is 13.7 Å². The summed E-state index contributed by atoms with van der Waals surface area (Å²) in [4.78, 5) is 13.2. The van der Waals surface area contributed by atoms with Crippen LogP contribution in [0.25, 0.3) is 0 Å². The number of rotatable bonds is 11. The number of ether oxygens (including phenoxy) is 1. The molecule has 2 aromatic rings. The average molecular weight is 480 g/mol. The number of methoxy groups -OCH3 is 1. The molecule has 7 nitrogen and oxygen atoms in total. The van der Waals surface area contributed by atoms with Gasteiger partial charge in [0.15, 0.2) is 0 Å². The maximum absolute atomic E-state index is 13.1. The molecule has 32 heavy (non-hydrogen) atoms. The van der Waals surface area contributed by atoms with E-state index in [4.69, 9.17) is 4.74 Å². The van der Waals surface area contributed by atoms with E-state index in [2.05, 4.69) is 17.6 Å². The van der Waals surface area contributed by atoms with Crippen LogP contribution in [0.15, 0.2) is 40.6 Å². The molecule has 1 fully saturated rings. The Morgan fingerprint density at radius 1 is 1.22 bits per heavy atom. The maximum Gasteiger partial charge on any atom is 0.252 e. The predicted molar refractivity (Wildman–Crippen MR) is 128 cm³/mol. The minimum Gasteiger partial charge on any atom is -0.497 e. The second-order valence-electron chi connectivity index (χ2n) is 8.04. The van der Waals surface area contributed by atoms with Crippen LogP contribution in [0.3, 0.4) is 0 Å². The fourth-order valence-electron chi connectivity index (χ4n) is 3.71. The first-order valence-electron chi connectivity index (χ1n) is 11.2. The lowest BCUT2D eigenvalue weighted by atomic mass is 9.98. The normalized spacial score (nSPS) is 15.6. The van der Waals surface area contributed by atoms with E-state index in [1.54, 1.807) is 47.8 Å². The maximum atomic E-state index is 13.1. The Bertz CT molecular complexity index is 983. The molecule has 1 aliphatic heterocycles. The molecule has 0 radical (unpaired) electrons. The van der Waals surface area contributed by atoms with Gasteiger partial charge in [0.1, 0.15) is 9.96 Å². The van der Waals surface area contributed by atoms with Crippen LogP contribution in [-0.4, -0.2) is 51.9 Å². The van der Waals surface area contributed by atoms with Crippen molar-refractivity contribution in [2.45, 2.75) is 43.4 Å². The molecule has 1 aliphatic rings. The van der Waals surface area contributed by atoms with Gasteiger partial charge in [0, 0.05) is 23.5 Å². The van der Waals surface area contributed by atoms with E-state index < -0.39 is 10.0 Å². The van der Waals surface area contributed by atoms with Gasteiger partial charge in [0.25, 0.3) is 15.9 Å². The highest BCUT2D eigenvalue weighted by Crippen LogP contribution is 2.28. The Kier molecular flexibility index (Phi) is 9.10. The first-order valence-corrected chi connectivity index (χ1v) is 13.4. The Balaban J connectivity index is 1.51. The zero-order valence-corrected chi connectivity index (χ0v) is 20.4. The number of unbranched alkanes of at least 4 members (excludes halogenated alkanes) is 1. The molecule has 3 rings (SSSR count). The van der Waals surface area contributed by atoms with E-state index in [0.717, 1.165) is 30.8 Å².